The molecule has 0 aromatic heterocycles. The van der Waals surface area contributed by atoms with Crippen molar-refractivity contribution in [3.63, 3.8) is 0 Å². The highest BCUT2D eigenvalue weighted by Crippen LogP contribution is 2.32. The van der Waals surface area contributed by atoms with Crippen LogP contribution in [0.1, 0.15) is 32.3 Å². The van der Waals surface area contributed by atoms with Gasteiger partial charge in [-0.2, -0.15) is 0 Å². The molecule has 1 aliphatic carbocycles. The van der Waals surface area contributed by atoms with Gasteiger partial charge in [0.15, 0.2) is 5.96 Å². The molecule has 0 radical (unpaired) electrons. The third kappa shape index (κ3) is 6.94. The summed E-state index contributed by atoms with van der Waals surface area (Å²) in [5.74, 6) is 0.824. The molecule has 0 heterocycles. The Labute approximate surface area is 160 Å². The molecule has 1 aliphatic rings. The Balaban J connectivity index is 0.00000288. The van der Waals surface area contributed by atoms with E-state index in [0.717, 1.165) is 24.9 Å². The number of nitrogens with two attached hydrogens (primary N) is 1. The fourth-order valence-corrected chi connectivity index (χ4v) is 2.34. The molecule has 1 aromatic carbocycles. The Bertz CT molecular complexity index is 544. The Morgan fingerprint density at radius 2 is 2.00 bits per heavy atom. The number of aliphatic imine (C=N–C) groups is 1. The van der Waals surface area contributed by atoms with Gasteiger partial charge in [0, 0.05) is 5.69 Å². The number of rotatable bonds is 7. The zero-order chi connectivity index (χ0) is 16.7. The highest BCUT2D eigenvalue weighted by molar-refractivity contribution is 14.0. The first-order valence-electron chi connectivity index (χ1n) is 8.21. The normalized spacial score (nSPS) is 15.2. The van der Waals surface area contributed by atoms with Gasteiger partial charge in [0.25, 0.3) is 0 Å². The number of alkyl carbamates (subject to hydrolysis) is 1. The summed E-state index contributed by atoms with van der Waals surface area (Å²) in [6.07, 6.45) is 2.84. The van der Waals surface area contributed by atoms with E-state index in [4.69, 9.17) is 10.5 Å². The van der Waals surface area contributed by atoms with E-state index in [0.29, 0.717) is 25.0 Å². The molecule has 2 rings (SSSR count). The van der Waals surface area contributed by atoms with Crippen LogP contribution in [0.25, 0.3) is 0 Å². The Morgan fingerprint density at radius 1 is 1.33 bits per heavy atom. The molecule has 7 heteroatoms. The molecule has 4 N–H and O–H groups in total. The standard InChI is InChI=1S/C17H26N4O2.HI/c1-3-12-5-9-14(10-6-12)20-16(18)19-11-15(13-7-8-13)21-17(22)23-4-2;/h5-6,9-10,13,15H,3-4,7-8,11H2,1-2H3,(H,21,22)(H3,18,19,20);1H. The summed E-state index contributed by atoms with van der Waals surface area (Å²) in [4.78, 5) is 15.9. The molecule has 0 bridgehead atoms. The minimum atomic E-state index is -0.388. The van der Waals surface area contributed by atoms with Gasteiger partial charge < -0.3 is 21.1 Å². The van der Waals surface area contributed by atoms with Gasteiger partial charge in [-0.15, -0.1) is 24.0 Å². The lowest BCUT2D eigenvalue weighted by atomic mass is 10.1. The molecule has 1 unspecified atom stereocenters. The van der Waals surface area contributed by atoms with Crippen molar-refractivity contribution >= 4 is 41.7 Å². The van der Waals surface area contributed by atoms with Crippen molar-refractivity contribution in [2.24, 2.45) is 16.6 Å². The number of carbonyl (C=O) groups is 1. The van der Waals surface area contributed by atoms with E-state index in [9.17, 15) is 4.79 Å². The van der Waals surface area contributed by atoms with E-state index < -0.39 is 0 Å². The summed E-state index contributed by atoms with van der Waals surface area (Å²) in [6, 6.07) is 8.07. The monoisotopic (exact) mass is 446 g/mol. The van der Waals surface area contributed by atoms with Gasteiger partial charge in [-0.25, -0.2) is 4.79 Å². The van der Waals surface area contributed by atoms with Crippen LogP contribution in [0.2, 0.25) is 0 Å². The Kier molecular flexibility index (Phi) is 8.88. The molecule has 0 saturated heterocycles. The van der Waals surface area contributed by atoms with Crippen molar-refractivity contribution in [2.45, 2.75) is 39.2 Å². The number of carbonyl (C=O) groups excluding carboxylic acids is 1. The maximum Gasteiger partial charge on any atom is 0.407 e. The van der Waals surface area contributed by atoms with Crippen molar-refractivity contribution < 1.29 is 9.53 Å². The zero-order valence-corrected chi connectivity index (χ0v) is 16.6. The highest BCUT2D eigenvalue weighted by atomic mass is 127. The van der Waals surface area contributed by atoms with Crippen LogP contribution < -0.4 is 16.4 Å². The van der Waals surface area contributed by atoms with E-state index >= 15 is 0 Å². The topological polar surface area (TPSA) is 88.7 Å². The highest BCUT2D eigenvalue weighted by Gasteiger charge is 2.32. The van der Waals surface area contributed by atoms with Gasteiger partial charge in [-0.05, 0) is 49.8 Å². The fourth-order valence-electron chi connectivity index (χ4n) is 2.34. The summed E-state index contributed by atoms with van der Waals surface area (Å²) in [7, 11) is 0. The largest absolute Gasteiger partial charge is 0.450 e. The van der Waals surface area contributed by atoms with Crippen molar-refractivity contribution in [3.05, 3.63) is 29.8 Å². The first kappa shape index (κ1) is 20.5. The van der Waals surface area contributed by atoms with Gasteiger partial charge in [-0.3, -0.25) is 4.99 Å². The van der Waals surface area contributed by atoms with Crippen molar-refractivity contribution in [1.82, 2.24) is 5.32 Å². The smallest absolute Gasteiger partial charge is 0.407 e. The number of ether oxygens (including phenoxy) is 1. The van der Waals surface area contributed by atoms with Crippen LogP contribution in [-0.4, -0.2) is 31.2 Å². The first-order chi connectivity index (χ1) is 11.1. The molecule has 1 saturated carbocycles. The Hall–Kier alpha value is -1.51. The fraction of sp³-hybridized carbons (Fsp3) is 0.529. The van der Waals surface area contributed by atoms with Crippen LogP contribution in [0.15, 0.2) is 29.3 Å². The minimum Gasteiger partial charge on any atom is -0.450 e. The van der Waals surface area contributed by atoms with E-state index in [1.165, 1.54) is 5.56 Å². The van der Waals surface area contributed by atoms with Crippen molar-refractivity contribution in [3.8, 4) is 0 Å². The number of nitrogens with one attached hydrogen (secondary N) is 2. The van der Waals surface area contributed by atoms with E-state index in [2.05, 4.69) is 34.7 Å². The average molecular weight is 446 g/mol. The molecular weight excluding hydrogens is 419 g/mol. The van der Waals surface area contributed by atoms with Gasteiger partial charge in [-0.1, -0.05) is 19.1 Å². The second-order valence-electron chi connectivity index (χ2n) is 5.71. The number of hydrogen-bond acceptors (Lipinski definition) is 3. The maximum atomic E-state index is 11.6. The van der Waals surface area contributed by atoms with E-state index in [1.807, 2.05) is 12.1 Å². The lowest BCUT2D eigenvalue weighted by Crippen LogP contribution is -2.39. The predicted octanol–water partition coefficient (Wildman–Crippen LogP) is 3.12. The summed E-state index contributed by atoms with van der Waals surface area (Å²) in [5.41, 5.74) is 8.11. The van der Waals surface area contributed by atoms with Crippen LogP contribution in [0.5, 0.6) is 0 Å². The lowest BCUT2D eigenvalue weighted by molar-refractivity contribution is 0.147. The first-order valence-corrected chi connectivity index (χ1v) is 8.21. The molecule has 24 heavy (non-hydrogen) atoms. The number of guanidine groups is 1. The molecular formula is C17H27IN4O2. The molecule has 1 fully saturated rings. The van der Waals surface area contributed by atoms with Crippen molar-refractivity contribution in [1.29, 1.82) is 0 Å². The molecule has 134 valence electrons. The summed E-state index contributed by atoms with van der Waals surface area (Å²) < 4.78 is 4.93. The molecule has 1 aromatic rings. The molecule has 1 atom stereocenters. The number of amides is 1. The summed E-state index contributed by atoms with van der Waals surface area (Å²) in [5, 5.41) is 5.93. The average Bonchev–Trinajstić information content (AvgIpc) is 3.37. The van der Waals surface area contributed by atoms with Crippen LogP contribution in [-0.2, 0) is 11.2 Å². The lowest BCUT2D eigenvalue weighted by Gasteiger charge is -2.16. The van der Waals surface area contributed by atoms with Crippen molar-refractivity contribution in [2.75, 3.05) is 18.5 Å². The zero-order valence-electron chi connectivity index (χ0n) is 14.2. The number of anilines is 1. The predicted molar refractivity (Wildman–Crippen MR) is 108 cm³/mol. The van der Waals surface area contributed by atoms with Crippen LogP contribution in [0, 0.1) is 5.92 Å². The van der Waals surface area contributed by atoms with Gasteiger partial charge in [0.1, 0.15) is 0 Å². The second-order valence-corrected chi connectivity index (χ2v) is 5.71. The van der Waals surface area contributed by atoms with E-state index in [1.54, 1.807) is 6.92 Å². The van der Waals surface area contributed by atoms with Crippen LogP contribution >= 0.6 is 24.0 Å². The van der Waals surface area contributed by atoms with Crippen LogP contribution in [0.3, 0.4) is 0 Å². The summed E-state index contributed by atoms with van der Waals surface area (Å²) in [6.45, 7) is 4.72. The molecule has 0 spiro atoms. The number of nitrogens with zero attached hydrogens (tertiary/aromatic N) is 1. The minimum absolute atomic E-state index is 0. The Morgan fingerprint density at radius 3 is 2.54 bits per heavy atom. The van der Waals surface area contributed by atoms with Gasteiger partial charge in [0.05, 0.1) is 19.2 Å². The van der Waals surface area contributed by atoms with E-state index in [-0.39, 0.29) is 36.1 Å². The van der Waals surface area contributed by atoms with Gasteiger partial charge in [0.2, 0.25) is 0 Å². The number of halogens is 1. The third-order valence-electron chi connectivity index (χ3n) is 3.86. The quantitative estimate of drug-likeness (QED) is 0.341. The van der Waals surface area contributed by atoms with Gasteiger partial charge >= 0.3 is 6.09 Å². The molecule has 6 nitrogen and oxygen atoms in total. The maximum absolute atomic E-state index is 11.6. The second kappa shape index (κ2) is 10.4. The number of hydrogen-bond donors (Lipinski definition) is 3. The molecule has 0 aliphatic heterocycles. The SMILES string of the molecule is CCOC(=O)NC(CN=C(N)Nc1ccc(CC)cc1)C1CC1.I. The van der Waals surface area contributed by atoms with Crippen LogP contribution in [0.4, 0.5) is 10.5 Å². The third-order valence-corrected chi connectivity index (χ3v) is 3.86. The number of aryl methyl sites for hydroxylation is 1. The number of benzene rings is 1. The molecule has 1 amide bonds. The summed E-state index contributed by atoms with van der Waals surface area (Å²) >= 11 is 0.